The third-order valence-electron chi connectivity index (χ3n) is 3.56. The molecule has 0 amide bonds. The molecule has 0 aliphatic heterocycles. The second-order valence-electron chi connectivity index (χ2n) is 4.98. The Kier molecular flexibility index (Phi) is 3.97. The van der Waals surface area contributed by atoms with Gasteiger partial charge in [0, 0.05) is 41.7 Å². The molecular formula is C17H19N3. The standard InChI is InChI=1S/C17H19N3/c1-2-7-17-16(6-1)14(13-20-17)5-3-4-10-19-15-8-11-18-12-9-15/h1-2,6-9,11-13,20H,3-5,10H2,(H,18,19). The minimum absolute atomic E-state index is 1.01. The van der Waals surface area contributed by atoms with E-state index in [9.17, 15) is 0 Å². The van der Waals surface area contributed by atoms with Crippen LogP contribution < -0.4 is 5.32 Å². The third-order valence-corrected chi connectivity index (χ3v) is 3.56. The van der Waals surface area contributed by atoms with Crippen LogP contribution in [0.4, 0.5) is 5.69 Å². The maximum absolute atomic E-state index is 4.01. The van der Waals surface area contributed by atoms with Gasteiger partial charge >= 0.3 is 0 Å². The highest BCUT2D eigenvalue weighted by Crippen LogP contribution is 2.19. The number of para-hydroxylation sites is 1. The van der Waals surface area contributed by atoms with Crippen LogP contribution in [0.1, 0.15) is 18.4 Å². The smallest absolute Gasteiger partial charge is 0.0456 e. The van der Waals surface area contributed by atoms with E-state index >= 15 is 0 Å². The number of pyridine rings is 1. The average Bonchev–Trinajstić information content (AvgIpc) is 2.91. The van der Waals surface area contributed by atoms with Gasteiger partial charge < -0.3 is 10.3 Å². The lowest BCUT2D eigenvalue weighted by molar-refractivity contribution is 0.766. The van der Waals surface area contributed by atoms with Crippen LogP contribution in [0.15, 0.2) is 55.0 Å². The van der Waals surface area contributed by atoms with Crippen molar-refractivity contribution in [2.45, 2.75) is 19.3 Å². The number of hydrogen-bond acceptors (Lipinski definition) is 2. The lowest BCUT2D eigenvalue weighted by Gasteiger charge is -2.05. The second-order valence-corrected chi connectivity index (χ2v) is 4.98. The van der Waals surface area contributed by atoms with Crippen molar-refractivity contribution in [2.75, 3.05) is 11.9 Å². The molecule has 20 heavy (non-hydrogen) atoms. The molecule has 0 saturated carbocycles. The highest BCUT2D eigenvalue weighted by molar-refractivity contribution is 5.82. The van der Waals surface area contributed by atoms with Crippen LogP contribution in [0.3, 0.4) is 0 Å². The summed E-state index contributed by atoms with van der Waals surface area (Å²) in [6, 6.07) is 12.5. The molecule has 1 aromatic carbocycles. The van der Waals surface area contributed by atoms with E-state index in [-0.39, 0.29) is 0 Å². The minimum atomic E-state index is 1.01. The van der Waals surface area contributed by atoms with E-state index in [4.69, 9.17) is 0 Å². The van der Waals surface area contributed by atoms with Crippen molar-refractivity contribution in [1.29, 1.82) is 0 Å². The van der Waals surface area contributed by atoms with Crippen molar-refractivity contribution >= 4 is 16.6 Å². The summed E-state index contributed by atoms with van der Waals surface area (Å²) >= 11 is 0. The van der Waals surface area contributed by atoms with E-state index < -0.39 is 0 Å². The van der Waals surface area contributed by atoms with Crippen LogP contribution >= 0.6 is 0 Å². The molecule has 3 aromatic rings. The molecule has 3 heteroatoms. The number of nitrogens with one attached hydrogen (secondary N) is 2. The molecule has 2 N–H and O–H groups in total. The van der Waals surface area contributed by atoms with E-state index in [1.165, 1.54) is 29.3 Å². The van der Waals surface area contributed by atoms with Crippen molar-refractivity contribution in [1.82, 2.24) is 9.97 Å². The zero-order chi connectivity index (χ0) is 13.6. The van der Waals surface area contributed by atoms with E-state index in [0.29, 0.717) is 0 Å². The van der Waals surface area contributed by atoms with Gasteiger partial charge in [-0.3, -0.25) is 4.98 Å². The summed E-state index contributed by atoms with van der Waals surface area (Å²) in [5.74, 6) is 0. The van der Waals surface area contributed by atoms with Crippen LogP contribution in [0.5, 0.6) is 0 Å². The quantitative estimate of drug-likeness (QED) is 0.661. The molecule has 0 fully saturated rings. The van der Waals surface area contributed by atoms with Gasteiger partial charge in [-0.05, 0) is 43.0 Å². The number of aryl methyl sites for hydroxylation is 1. The maximum Gasteiger partial charge on any atom is 0.0456 e. The zero-order valence-corrected chi connectivity index (χ0v) is 11.5. The maximum atomic E-state index is 4.01. The number of nitrogens with zero attached hydrogens (tertiary/aromatic N) is 1. The molecule has 2 aromatic heterocycles. The van der Waals surface area contributed by atoms with Crippen LogP contribution in [-0.2, 0) is 6.42 Å². The van der Waals surface area contributed by atoms with E-state index in [1.54, 1.807) is 0 Å². The zero-order valence-electron chi connectivity index (χ0n) is 11.5. The fraction of sp³-hybridized carbons (Fsp3) is 0.235. The van der Waals surface area contributed by atoms with Gasteiger partial charge in [0.2, 0.25) is 0 Å². The third kappa shape index (κ3) is 2.99. The average molecular weight is 265 g/mol. The first-order valence-corrected chi connectivity index (χ1v) is 7.12. The van der Waals surface area contributed by atoms with Crippen LogP contribution in [-0.4, -0.2) is 16.5 Å². The largest absolute Gasteiger partial charge is 0.385 e. The molecule has 0 aliphatic rings. The number of unbranched alkanes of at least 4 members (excludes halogenated alkanes) is 1. The SMILES string of the molecule is c1ccc2c(CCCCNc3ccncc3)c[nH]c2c1. The molecule has 3 rings (SSSR count). The Morgan fingerprint density at radius 2 is 1.85 bits per heavy atom. The molecular weight excluding hydrogens is 246 g/mol. The van der Waals surface area contributed by atoms with Gasteiger partial charge in [-0.25, -0.2) is 0 Å². The monoisotopic (exact) mass is 265 g/mol. The topological polar surface area (TPSA) is 40.7 Å². The lowest BCUT2D eigenvalue weighted by Crippen LogP contribution is -2.01. The predicted octanol–water partition coefficient (Wildman–Crippen LogP) is 4.00. The summed E-state index contributed by atoms with van der Waals surface area (Å²) in [5.41, 5.74) is 3.80. The lowest BCUT2D eigenvalue weighted by atomic mass is 10.1. The van der Waals surface area contributed by atoms with E-state index in [2.05, 4.69) is 45.7 Å². The minimum Gasteiger partial charge on any atom is -0.385 e. The number of H-pyrrole nitrogens is 1. The summed E-state index contributed by atoms with van der Waals surface area (Å²) in [4.78, 5) is 7.34. The fourth-order valence-electron chi connectivity index (χ4n) is 2.48. The van der Waals surface area contributed by atoms with Crippen LogP contribution in [0.25, 0.3) is 10.9 Å². The number of anilines is 1. The predicted molar refractivity (Wildman–Crippen MR) is 84.0 cm³/mol. The molecule has 0 atom stereocenters. The summed E-state index contributed by atoms with van der Waals surface area (Å²) in [7, 11) is 0. The van der Waals surface area contributed by atoms with Gasteiger partial charge in [0.1, 0.15) is 0 Å². The number of aromatic amines is 1. The highest BCUT2D eigenvalue weighted by Gasteiger charge is 2.02. The number of benzene rings is 1. The Morgan fingerprint density at radius 1 is 1.00 bits per heavy atom. The Hall–Kier alpha value is -2.29. The van der Waals surface area contributed by atoms with Gasteiger partial charge in [0.25, 0.3) is 0 Å². The van der Waals surface area contributed by atoms with Crippen molar-refractivity contribution in [3.63, 3.8) is 0 Å². The summed E-state index contributed by atoms with van der Waals surface area (Å²) in [5, 5.41) is 4.77. The first-order chi connectivity index (χ1) is 9.93. The highest BCUT2D eigenvalue weighted by atomic mass is 14.9. The molecule has 102 valence electrons. The van der Waals surface area contributed by atoms with Crippen molar-refractivity contribution < 1.29 is 0 Å². The number of aromatic nitrogens is 2. The summed E-state index contributed by atoms with van der Waals surface area (Å²) < 4.78 is 0. The van der Waals surface area contributed by atoms with Gasteiger partial charge in [0.05, 0.1) is 0 Å². The molecule has 0 aliphatic carbocycles. The second kappa shape index (κ2) is 6.24. The number of hydrogen-bond donors (Lipinski definition) is 2. The molecule has 0 spiro atoms. The molecule has 0 radical (unpaired) electrons. The van der Waals surface area contributed by atoms with Gasteiger partial charge in [0.15, 0.2) is 0 Å². The molecule has 0 saturated heterocycles. The summed E-state index contributed by atoms with van der Waals surface area (Å²) in [6.07, 6.45) is 9.26. The Bertz CT molecular complexity index is 658. The van der Waals surface area contributed by atoms with Gasteiger partial charge in [-0.1, -0.05) is 18.2 Å². The molecule has 2 heterocycles. The molecule has 0 bridgehead atoms. The summed E-state index contributed by atoms with van der Waals surface area (Å²) in [6.45, 7) is 1.01. The Morgan fingerprint density at radius 3 is 2.75 bits per heavy atom. The molecule has 3 nitrogen and oxygen atoms in total. The van der Waals surface area contributed by atoms with E-state index in [0.717, 1.165) is 18.7 Å². The first kappa shape index (κ1) is 12.7. The van der Waals surface area contributed by atoms with Crippen LogP contribution in [0.2, 0.25) is 0 Å². The Labute approximate surface area is 119 Å². The number of fused-ring (bicyclic) bond motifs is 1. The van der Waals surface area contributed by atoms with Gasteiger partial charge in [-0.2, -0.15) is 0 Å². The Balaban J connectivity index is 1.46. The van der Waals surface area contributed by atoms with Crippen molar-refractivity contribution in [2.24, 2.45) is 0 Å². The normalized spacial score (nSPS) is 10.8. The van der Waals surface area contributed by atoms with E-state index in [1.807, 2.05) is 24.5 Å². The van der Waals surface area contributed by atoms with Crippen LogP contribution in [0, 0.1) is 0 Å². The van der Waals surface area contributed by atoms with Gasteiger partial charge in [-0.15, -0.1) is 0 Å². The number of rotatable bonds is 6. The van der Waals surface area contributed by atoms with Crippen molar-refractivity contribution in [3.05, 3.63) is 60.6 Å². The molecule has 0 unspecified atom stereocenters. The fourth-order valence-corrected chi connectivity index (χ4v) is 2.48. The first-order valence-electron chi connectivity index (χ1n) is 7.12. The van der Waals surface area contributed by atoms with Crippen molar-refractivity contribution in [3.8, 4) is 0 Å².